The molecule has 1 fully saturated rings. The van der Waals surface area contributed by atoms with Crippen molar-refractivity contribution < 1.29 is 14.3 Å². The first-order valence-electron chi connectivity index (χ1n) is 11.3. The van der Waals surface area contributed by atoms with Gasteiger partial charge in [0.05, 0.1) is 23.1 Å². The minimum absolute atomic E-state index is 0.160. The van der Waals surface area contributed by atoms with Gasteiger partial charge in [0, 0.05) is 18.3 Å². The molecule has 1 saturated heterocycles. The summed E-state index contributed by atoms with van der Waals surface area (Å²) < 4.78 is 11.5. The number of nitrogens with zero attached hydrogens (tertiary/aromatic N) is 1. The summed E-state index contributed by atoms with van der Waals surface area (Å²) in [7, 11) is 1.61. The van der Waals surface area contributed by atoms with Gasteiger partial charge < -0.3 is 14.8 Å². The fraction of sp³-hybridized carbons (Fsp3) is 0.423. The number of hydrogen-bond donors (Lipinski definition) is 1. The number of piperidine rings is 1. The van der Waals surface area contributed by atoms with E-state index in [0.29, 0.717) is 40.3 Å². The number of amides is 1. The maximum Gasteiger partial charge on any atom is 0.232 e. The molecule has 5 nitrogen and oxygen atoms in total. The zero-order chi connectivity index (χ0) is 23.8. The van der Waals surface area contributed by atoms with E-state index < -0.39 is 5.92 Å². The molecule has 1 aliphatic rings. The lowest BCUT2D eigenvalue weighted by Crippen LogP contribution is -2.35. The van der Waals surface area contributed by atoms with Gasteiger partial charge in [0.25, 0.3) is 0 Å². The first-order chi connectivity index (χ1) is 15.9. The average Bonchev–Trinajstić information content (AvgIpc) is 2.81. The number of allylic oxidation sites excluding steroid dienone is 1. The molecular formula is C26H32Cl2N2O3. The maximum atomic E-state index is 13.1. The van der Waals surface area contributed by atoms with Crippen molar-refractivity contribution in [1.82, 2.24) is 4.90 Å². The first kappa shape index (κ1) is 25.4. The van der Waals surface area contributed by atoms with Crippen molar-refractivity contribution in [3.05, 3.63) is 64.7 Å². The number of carbonyl (C=O) groups excluding carboxylic acids is 1. The monoisotopic (exact) mass is 490 g/mol. The van der Waals surface area contributed by atoms with E-state index in [0.717, 1.165) is 31.1 Å². The number of rotatable bonds is 10. The van der Waals surface area contributed by atoms with Gasteiger partial charge in [-0.05, 0) is 68.1 Å². The molecule has 1 heterocycles. The number of nitrogens with one attached hydrogen (secondary N) is 1. The zero-order valence-electron chi connectivity index (χ0n) is 19.3. The van der Waals surface area contributed by atoms with Crippen molar-refractivity contribution in [2.75, 3.05) is 38.7 Å². The van der Waals surface area contributed by atoms with Crippen LogP contribution in [0.3, 0.4) is 0 Å². The quantitative estimate of drug-likeness (QED) is 0.390. The number of carbonyl (C=O) groups is 1. The second-order valence-electron chi connectivity index (χ2n) is 8.48. The van der Waals surface area contributed by atoms with Gasteiger partial charge in [0.15, 0.2) is 11.5 Å². The highest BCUT2D eigenvalue weighted by Crippen LogP contribution is 2.32. The van der Waals surface area contributed by atoms with Crippen molar-refractivity contribution in [3.63, 3.8) is 0 Å². The number of halogens is 2. The van der Waals surface area contributed by atoms with Crippen LogP contribution in [0.1, 0.15) is 37.7 Å². The topological polar surface area (TPSA) is 50.8 Å². The Morgan fingerprint density at radius 2 is 1.94 bits per heavy atom. The fourth-order valence-electron chi connectivity index (χ4n) is 3.96. The lowest BCUT2D eigenvalue weighted by molar-refractivity contribution is -0.117. The maximum absolute atomic E-state index is 13.1. The van der Waals surface area contributed by atoms with E-state index in [9.17, 15) is 4.79 Å². The third-order valence-electron chi connectivity index (χ3n) is 6.04. The standard InChI is InChI=1S/C26H32Cl2N2O3/c1-4-5-21(19-6-8-22(27)23(28)16-19)26(31)29-20-7-9-24(32-3)25(17-20)33-15-14-30-12-10-18(2)11-13-30/h4,6-9,16-18,21H,1,5,10-15H2,2-3H3,(H,29,31). The normalized spacial score (nSPS) is 15.6. The summed E-state index contributed by atoms with van der Waals surface area (Å²) in [5, 5.41) is 3.86. The van der Waals surface area contributed by atoms with E-state index >= 15 is 0 Å². The Kier molecular flexibility index (Phi) is 9.48. The third-order valence-corrected chi connectivity index (χ3v) is 6.78. The first-order valence-corrected chi connectivity index (χ1v) is 12.1. The van der Waals surface area contributed by atoms with Crippen LogP contribution in [0.4, 0.5) is 5.69 Å². The fourth-order valence-corrected chi connectivity index (χ4v) is 4.26. The van der Waals surface area contributed by atoms with E-state index in [2.05, 4.69) is 23.7 Å². The van der Waals surface area contributed by atoms with Crippen LogP contribution in [0.2, 0.25) is 10.0 Å². The van der Waals surface area contributed by atoms with Gasteiger partial charge in [-0.15, -0.1) is 6.58 Å². The Hall–Kier alpha value is -2.21. The summed E-state index contributed by atoms with van der Waals surface area (Å²) in [5.74, 6) is 1.44. The summed E-state index contributed by atoms with van der Waals surface area (Å²) in [6, 6.07) is 10.6. The SMILES string of the molecule is C=CCC(C(=O)Nc1ccc(OC)c(OCCN2CCC(C)CC2)c1)c1ccc(Cl)c(Cl)c1. The van der Waals surface area contributed by atoms with E-state index in [1.165, 1.54) is 12.8 Å². The van der Waals surface area contributed by atoms with Crippen molar-refractivity contribution in [3.8, 4) is 11.5 Å². The van der Waals surface area contributed by atoms with Gasteiger partial charge in [-0.1, -0.05) is 42.3 Å². The van der Waals surface area contributed by atoms with Gasteiger partial charge in [-0.3, -0.25) is 9.69 Å². The zero-order valence-corrected chi connectivity index (χ0v) is 20.8. The molecule has 1 amide bonds. The molecule has 178 valence electrons. The van der Waals surface area contributed by atoms with Crippen LogP contribution in [0.5, 0.6) is 11.5 Å². The molecule has 1 unspecified atom stereocenters. The molecule has 0 aromatic heterocycles. The summed E-state index contributed by atoms with van der Waals surface area (Å²) in [6.07, 6.45) is 4.65. The van der Waals surface area contributed by atoms with Crippen LogP contribution in [0.15, 0.2) is 49.1 Å². The molecule has 0 aliphatic carbocycles. The predicted molar refractivity (Wildman–Crippen MR) is 136 cm³/mol. The smallest absolute Gasteiger partial charge is 0.232 e. The molecule has 2 aromatic carbocycles. The van der Waals surface area contributed by atoms with Gasteiger partial charge in [0.1, 0.15) is 6.61 Å². The summed E-state index contributed by atoms with van der Waals surface area (Å²) in [6.45, 7) is 9.74. The van der Waals surface area contributed by atoms with E-state index in [1.807, 2.05) is 6.07 Å². The highest BCUT2D eigenvalue weighted by atomic mass is 35.5. The van der Waals surface area contributed by atoms with Crippen molar-refractivity contribution in [1.29, 1.82) is 0 Å². The second kappa shape index (κ2) is 12.3. The molecular weight excluding hydrogens is 459 g/mol. The number of anilines is 1. The Bertz CT molecular complexity index is 959. The average molecular weight is 491 g/mol. The Labute approximate surface area is 206 Å². The minimum Gasteiger partial charge on any atom is -0.493 e. The lowest BCUT2D eigenvalue weighted by Gasteiger charge is -2.30. The molecule has 2 aromatic rings. The van der Waals surface area contributed by atoms with E-state index in [-0.39, 0.29) is 5.91 Å². The summed E-state index contributed by atoms with van der Waals surface area (Å²) >= 11 is 12.2. The Balaban J connectivity index is 1.67. The molecule has 0 spiro atoms. The molecule has 7 heteroatoms. The summed E-state index contributed by atoms with van der Waals surface area (Å²) in [5.41, 5.74) is 1.42. The van der Waals surface area contributed by atoms with Crippen LogP contribution in [-0.4, -0.2) is 44.2 Å². The lowest BCUT2D eigenvalue weighted by atomic mass is 9.94. The van der Waals surface area contributed by atoms with Crippen LogP contribution in [0.25, 0.3) is 0 Å². The van der Waals surface area contributed by atoms with Gasteiger partial charge in [-0.25, -0.2) is 0 Å². The number of hydrogen-bond acceptors (Lipinski definition) is 4. The van der Waals surface area contributed by atoms with Crippen LogP contribution < -0.4 is 14.8 Å². The molecule has 1 aliphatic heterocycles. The van der Waals surface area contributed by atoms with E-state index in [4.69, 9.17) is 32.7 Å². The van der Waals surface area contributed by atoms with Crippen LogP contribution in [0, 0.1) is 5.92 Å². The van der Waals surface area contributed by atoms with Crippen molar-refractivity contribution in [2.45, 2.75) is 32.1 Å². The molecule has 0 bridgehead atoms. The highest BCUT2D eigenvalue weighted by Gasteiger charge is 2.21. The summed E-state index contributed by atoms with van der Waals surface area (Å²) in [4.78, 5) is 15.5. The second-order valence-corrected chi connectivity index (χ2v) is 9.29. The molecule has 3 rings (SSSR count). The molecule has 33 heavy (non-hydrogen) atoms. The number of ether oxygens (including phenoxy) is 2. The van der Waals surface area contributed by atoms with Crippen LogP contribution >= 0.6 is 23.2 Å². The Morgan fingerprint density at radius 3 is 2.61 bits per heavy atom. The minimum atomic E-state index is -0.440. The Morgan fingerprint density at radius 1 is 1.18 bits per heavy atom. The molecule has 1 atom stereocenters. The largest absolute Gasteiger partial charge is 0.493 e. The number of methoxy groups -OCH3 is 1. The van der Waals surface area contributed by atoms with E-state index in [1.54, 1.807) is 43.5 Å². The number of likely N-dealkylation sites (tertiary alicyclic amines) is 1. The molecule has 0 radical (unpaired) electrons. The van der Waals surface area contributed by atoms with Gasteiger partial charge in [-0.2, -0.15) is 0 Å². The van der Waals surface area contributed by atoms with Gasteiger partial charge in [0.2, 0.25) is 5.91 Å². The van der Waals surface area contributed by atoms with Crippen LogP contribution in [-0.2, 0) is 4.79 Å². The highest BCUT2D eigenvalue weighted by molar-refractivity contribution is 6.42. The van der Waals surface area contributed by atoms with Crippen molar-refractivity contribution >= 4 is 34.8 Å². The number of benzene rings is 2. The van der Waals surface area contributed by atoms with Gasteiger partial charge >= 0.3 is 0 Å². The molecule has 0 saturated carbocycles. The van der Waals surface area contributed by atoms with Crippen molar-refractivity contribution in [2.24, 2.45) is 5.92 Å². The third kappa shape index (κ3) is 7.13. The molecule has 1 N–H and O–H groups in total. The predicted octanol–water partition coefficient (Wildman–Crippen LogP) is 6.41.